The summed E-state index contributed by atoms with van der Waals surface area (Å²) in [6.07, 6.45) is 5.03. The highest BCUT2D eigenvalue weighted by molar-refractivity contribution is 6.01. The van der Waals surface area contributed by atoms with Crippen LogP contribution in [0, 0.1) is 6.92 Å². The largest absolute Gasteiger partial charge is 0.478 e. The second-order valence-electron chi connectivity index (χ2n) is 10.9. The summed E-state index contributed by atoms with van der Waals surface area (Å²) in [5.41, 5.74) is 12.0. The molecule has 3 N–H and O–H groups in total. The van der Waals surface area contributed by atoms with E-state index in [-0.39, 0.29) is 17.9 Å². The molecule has 0 unspecified atom stereocenters. The van der Waals surface area contributed by atoms with Crippen LogP contribution in [0.1, 0.15) is 70.9 Å². The average Bonchev–Trinajstić information content (AvgIpc) is 3.85. The van der Waals surface area contributed by atoms with Crippen LogP contribution in [0.4, 0.5) is 5.69 Å². The molecule has 2 aromatic carbocycles. The van der Waals surface area contributed by atoms with Crippen LogP contribution in [-0.2, 0) is 0 Å². The molecule has 1 aliphatic heterocycles. The number of nitrogens with one attached hydrogen (secondary N) is 1. The number of nitrogens with two attached hydrogens (primary N) is 1. The van der Waals surface area contributed by atoms with Crippen LogP contribution in [0.2, 0.25) is 0 Å². The monoisotopic (exact) mass is 555 g/mol. The fourth-order valence-corrected chi connectivity index (χ4v) is 5.75. The van der Waals surface area contributed by atoms with E-state index in [2.05, 4.69) is 34.3 Å². The SMILES string of the molecule is CCOc1ncccc1-c1ccc(N2CCN(C(=O)c3ccc(C4CC4)cc3C)C[C@H]2CC)c(C(=O)NCCN)c1. The van der Waals surface area contributed by atoms with E-state index in [9.17, 15) is 9.59 Å². The minimum absolute atomic E-state index is 0.0722. The van der Waals surface area contributed by atoms with Crippen molar-refractivity contribution < 1.29 is 14.3 Å². The summed E-state index contributed by atoms with van der Waals surface area (Å²) in [4.78, 5) is 35.7. The maximum atomic E-state index is 13.6. The standard InChI is InChI=1S/C33H41N5O3/c1-4-26-21-37(33(40)27-12-10-24(19-22(27)3)23-8-9-23)17-18-38(26)30-13-11-25(20-29(30)31(39)35-16-14-34)28-7-6-15-36-32(28)41-5-2/h6-7,10-13,15,19-20,23,26H,4-5,8-9,14,16-18,21,34H2,1-3H3,(H,35,39)/t26-/m1/s1. The Labute approximate surface area is 242 Å². The lowest BCUT2D eigenvalue weighted by atomic mass is 9.98. The molecule has 2 fully saturated rings. The van der Waals surface area contributed by atoms with Gasteiger partial charge in [0.05, 0.1) is 12.2 Å². The van der Waals surface area contributed by atoms with Gasteiger partial charge in [-0.1, -0.05) is 25.1 Å². The van der Waals surface area contributed by atoms with E-state index >= 15 is 0 Å². The van der Waals surface area contributed by atoms with Gasteiger partial charge in [-0.25, -0.2) is 4.98 Å². The lowest BCUT2D eigenvalue weighted by Crippen LogP contribution is -2.55. The normalized spacial score (nSPS) is 16.9. The number of nitrogens with zero attached hydrogens (tertiary/aromatic N) is 3. The van der Waals surface area contributed by atoms with Crippen LogP contribution in [-0.4, -0.2) is 67.1 Å². The van der Waals surface area contributed by atoms with Gasteiger partial charge in [0.25, 0.3) is 11.8 Å². The number of benzene rings is 2. The Kier molecular flexibility index (Phi) is 8.88. The van der Waals surface area contributed by atoms with Crippen molar-refractivity contribution in [2.45, 2.75) is 52.0 Å². The van der Waals surface area contributed by atoms with E-state index in [4.69, 9.17) is 10.5 Å². The molecule has 1 atom stereocenters. The molecule has 2 heterocycles. The number of pyridine rings is 1. The molecular weight excluding hydrogens is 514 g/mol. The van der Waals surface area contributed by atoms with Crippen LogP contribution in [0.15, 0.2) is 54.7 Å². The van der Waals surface area contributed by atoms with Crippen LogP contribution in [0.3, 0.4) is 0 Å². The Morgan fingerprint density at radius 3 is 2.61 bits per heavy atom. The van der Waals surface area contributed by atoms with E-state index in [0.29, 0.717) is 56.7 Å². The number of piperazine rings is 1. The lowest BCUT2D eigenvalue weighted by Gasteiger charge is -2.43. The third kappa shape index (κ3) is 6.22. The summed E-state index contributed by atoms with van der Waals surface area (Å²) in [6.45, 7) is 9.16. The molecule has 3 aromatic rings. The molecule has 2 amide bonds. The van der Waals surface area contributed by atoms with E-state index in [1.165, 1.54) is 18.4 Å². The predicted molar refractivity (Wildman–Crippen MR) is 163 cm³/mol. The van der Waals surface area contributed by atoms with Gasteiger partial charge in [0, 0.05) is 61.8 Å². The number of anilines is 1. The molecule has 1 aliphatic carbocycles. The quantitative estimate of drug-likeness (QED) is 0.374. The van der Waals surface area contributed by atoms with Crippen molar-refractivity contribution in [2.75, 3.05) is 44.2 Å². The average molecular weight is 556 g/mol. The number of aryl methyl sites for hydroxylation is 1. The first-order valence-electron chi connectivity index (χ1n) is 14.8. The summed E-state index contributed by atoms with van der Waals surface area (Å²) >= 11 is 0. The molecule has 8 heteroatoms. The van der Waals surface area contributed by atoms with Crippen molar-refractivity contribution in [1.82, 2.24) is 15.2 Å². The maximum Gasteiger partial charge on any atom is 0.254 e. The summed E-state index contributed by atoms with van der Waals surface area (Å²) in [7, 11) is 0. The number of hydrogen-bond donors (Lipinski definition) is 2. The van der Waals surface area contributed by atoms with Crippen LogP contribution in [0.25, 0.3) is 11.1 Å². The Morgan fingerprint density at radius 1 is 1.07 bits per heavy atom. The molecule has 1 saturated carbocycles. The van der Waals surface area contributed by atoms with Gasteiger partial charge >= 0.3 is 0 Å². The van der Waals surface area contributed by atoms with Gasteiger partial charge < -0.3 is 25.6 Å². The number of rotatable bonds is 10. The zero-order valence-corrected chi connectivity index (χ0v) is 24.4. The predicted octanol–water partition coefficient (Wildman–Crippen LogP) is 4.76. The fourth-order valence-electron chi connectivity index (χ4n) is 5.75. The first kappa shape index (κ1) is 28.6. The topological polar surface area (TPSA) is 101 Å². The molecular formula is C33H41N5O3. The van der Waals surface area contributed by atoms with Crippen LogP contribution >= 0.6 is 0 Å². The molecule has 1 aromatic heterocycles. The second kappa shape index (κ2) is 12.7. The number of amides is 2. The third-order valence-corrected chi connectivity index (χ3v) is 8.11. The summed E-state index contributed by atoms with van der Waals surface area (Å²) < 4.78 is 5.76. The van der Waals surface area contributed by atoms with Gasteiger partial charge in [-0.3, -0.25) is 9.59 Å². The molecule has 0 radical (unpaired) electrons. The fraction of sp³-hybridized carbons (Fsp3) is 0.424. The highest BCUT2D eigenvalue weighted by Crippen LogP contribution is 2.40. The van der Waals surface area contributed by atoms with Gasteiger partial charge in [0.1, 0.15) is 0 Å². The number of aromatic nitrogens is 1. The maximum absolute atomic E-state index is 13.6. The Hall–Kier alpha value is -3.91. The Balaban J connectivity index is 1.42. The van der Waals surface area contributed by atoms with Crippen LogP contribution < -0.4 is 20.7 Å². The number of hydrogen-bond acceptors (Lipinski definition) is 6. The van der Waals surface area contributed by atoms with E-state index in [1.807, 2.05) is 55.1 Å². The minimum Gasteiger partial charge on any atom is -0.478 e. The molecule has 2 aliphatic rings. The first-order chi connectivity index (χ1) is 19.9. The molecule has 1 saturated heterocycles. The molecule has 216 valence electrons. The van der Waals surface area contributed by atoms with Gasteiger partial charge in [-0.2, -0.15) is 0 Å². The number of ether oxygens (including phenoxy) is 1. The molecule has 0 spiro atoms. The Bertz CT molecular complexity index is 1400. The summed E-state index contributed by atoms with van der Waals surface area (Å²) in [6, 6.07) is 16.1. The molecule has 0 bridgehead atoms. The van der Waals surface area contributed by atoms with Crippen molar-refractivity contribution in [1.29, 1.82) is 0 Å². The second-order valence-corrected chi connectivity index (χ2v) is 10.9. The van der Waals surface area contributed by atoms with Crippen molar-refractivity contribution >= 4 is 17.5 Å². The lowest BCUT2D eigenvalue weighted by molar-refractivity contribution is 0.0719. The van der Waals surface area contributed by atoms with E-state index < -0.39 is 0 Å². The summed E-state index contributed by atoms with van der Waals surface area (Å²) in [5, 5.41) is 2.95. The van der Waals surface area contributed by atoms with E-state index in [1.54, 1.807) is 6.20 Å². The zero-order chi connectivity index (χ0) is 28.9. The van der Waals surface area contributed by atoms with Crippen molar-refractivity contribution in [3.05, 3.63) is 77.0 Å². The minimum atomic E-state index is -0.172. The summed E-state index contributed by atoms with van der Waals surface area (Å²) in [5.74, 6) is 1.11. The van der Waals surface area contributed by atoms with Gasteiger partial charge in [-0.15, -0.1) is 0 Å². The number of carbonyl (C=O) groups is 2. The molecule has 5 rings (SSSR count). The van der Waals surface area contributed by atoms with Gasteiger partial charge in [-0.05, 0) is 86.1 Å². The molecule has 41 heavy (non-hydrogen) atoms. The first-order valence-corrected chi connectivity index (χ1v) is 14.8. The van der Waals surface area contributed by atoms with Crippen LogP contribution in [0.5, 0.6) is 5.88 Å². The van der Waals surface area contributed by atoms with Gasteiger partial charge in [0.15, 0.2) is 0 Å². The van der Waals surface area contributed by atoms with Crippen molar-refractivity contribution in [2.24, 2.45) is 5.73 Å². The zero-order valence-electron chi connectivity index (χ0n) is 24.4. The number of carbonyl (C=O) groups excluding carboxylic acids is 2. The highest BCUT2D eigenvalue weighted by atomic mass is 16.5. The van der Waals surface area contributed by atoms with E-state index in [0.717, 1.165) is 34.4 Å². The third-order valence-electron chi connectivity index (χ3n) is 8.11. The molecule has 8 nitrogen and oxygen atoms in total. The Morgan fingerprint density at radius 2 is 1.90 bits per heavy atom. The van der Waals surface area contributed by atoms with Gasteiger partial charge in [0.2, 0.25) is 5.88 Å². The van der Waals surface area contributed by atoms with Crippen molar-refractivity contribution in [3.8, 4) is 17.0 Å². The highest BCUT2D eigenvalue weighted by Gasteiger charge is 2.32. The van der Waals surface area contributed by atoms with Crippen molar-refractivity contribution in [3.63, 3.8) is 0 Å². The smallest absolute Gasteiger partial charge is 0.254 e.